The van der Waals surface area contributed by atoms with E-state index in [9.17, 15) is 0 Å². The third-order valence-corrected chi connectivity index (χ3v) is 3.31. The van der Waals surface area contributed by atoms with Crippen LogP contribution in [0.3, 0.4) is 0 Å². The Kier molecular flexibility index (Phi) is 6.08. The van der Waals surface area contributed by atoms with E-state index < -0.39 is 0 Å². The quantitative estimate of drug-likeness (QED) is 0.820. The van der Waals surface area contributed by atoms with Crippen molar-refractivity contribution >= 4 is 11.6 Å². The number of nitrogens with zero attached hydrogens (tertiary/aromatic N) is 1. The van der Waals surface area contributed by atoms with Crippen LogP contribution in [-0.4, -0.2) is 17.1 Å². The highest BCUT2D eigenvalue weighted by atomic mass is 35.5. The van der Waals surface area contributed by atoms with Crippen LogP contribution in [-0.2, 0) is 6.54 Å². The molecule has 0 spiro atoms. The van der Waals surface area contributed by atoms with Crippen LogP contribution >= 0.6 is 11.6 Å². The Bertz CT molecular complexity index is 405. The van der Waals surface area contributed by atoms with Gasteiger partial charge in [0.2, 0.25) is 5.88 Å². The highest BCUT2D eigenvalue weighted by Gasteiger charge is 2.18. The number of hydrogen-bond donors (Lipinski definition) is 1. The summed E-state index contributed by atoms with van der Waals surface area (Å²) >= 11 is 6.16. The molecule has 0 saturated carbocycles. The van der Waals surface area contributed by atoms with Crippen molar-refractivity contribution in [2.45, 2.75) is 53.2 Å². The Morgan fingerprint density at radius 1 is 1.37 bits per heavy atom. The average molecular weight is 285 g/mol. The fourth-order valence-electron chi connectivity index (χ4n) is 1.48. The second kappa shape index (κ2) is 7.11. The van der Waals surface area contributed by atoms with Crippen molar-refractivity contribution in [1.82, 2.24) is 10.3 Å². The lowest BCUT2D eigenvalue weighted by atomic mass is 10.1. The van der Waals surface area contributed by atoms with Crippen LogP contribution in [0.15, 0.2) is 12.1 Å². The molecule has 3 nitrogen and oxygen atoms in total. The van der Waals surface area contributed by atoms with Crippen LogP contribution in [0.1, 0.15) is 46.7 Å². The highest BCUT2D eigenvalue weighted by Crippen LogP contribution is 2.22. The van der Waals surface area contributed by atoms with Gasteiger partial charge in [0.05, 0.1) is 10.7 Å². The second-order valence-corrected chi connectivity index (χ2v) is 6.23. The van der Waals surface area contributed by atoms with Crippen molar-refractivity contribution in [3.8, 4) is 5.88 Å². The molecule has 1 rings (SSSR count). The van der Waals surface area contributed by atoms with E-state index in [4.69, 9.17) is 16.3 Å². The molecule has 19 heavy (non-hydrogen) atoms. The van der Waals surface area contributed by atoms with Crippen LogP contribution in [0.4, 0.5) is 0 Å². The predicted octanol–water partition coefficient (Wildman–Crippen LogP) is 4.05. The van der Waals surface area contributed by atoms with Gasteiger partial charge >= 0.3 is 0 Å². The second-order valence-electron chi connectivity index (χ2n) is 5.82. The maximum Gasteiger partial charge on any atom is 0.214 e. The van der Waals surface area contributed by atoms with Gasteiger partial charge in [-0.1, -0.05) is 32.4 Å². The van der Waals surface area contributed by atoms with Gasteiger partial charge in [-0.25, -0.2) is 4.98 Å². The zero-order chi connectivity index (χ0) is 14.5. The van der Waals surface area contributed by atoms with E-state index in [0.29, 0.717) is 23.4 Å². The first-order valence-electron chi connectivity index (χ1n) is 6.89. The normalized spacial score (nSPS) is 11.9. The summed E-state index contributed by atoms with van der Waals surface area (Å²) in [6.07, 6.45) is 0.929. The molecule has 0 aliphatic carbocycles. The van der Waals surface area contributed by atoms with Crippen LogP contribution in [0.5, 0.6) is 5.88 Å². The first-order valence-corrected chi connectivity index (χ1v) is 7.27. The molecule has 1 aromatic heterocycles. The summed E-state index contributed by atoms with van der Waals surface area (Å²) in [6, 6.07) is 3.67. The third-order valence-electron chi connectivity index (χ3n) is 2.97. The Labute approximate surface area is 121 Å². The van der Waals surface area contributed by atoms with E-state index in [1.807, 2.05) is 12.1 Å². The number of hydrogen-bond acceptors (Lipinski definition) is 3. The van der Waals surface area contributed by atoms with Crippen molar-refractivity contribution in [3.63, 3.8) is 0 Å². The van der Waals surface area contributed by atoms with Crippen molar-refractivity contribution in [3.05, 3.63) is 22.8 Å². The summed E-state index contributed by atoms with van der Waals surface area (Å²) in [7, 11) is 0. The van der Waals surface area contributed by atoms with Gasteiger partial charge in [0, 0.05) is 12.6 Å². The van der Waals surface area contributed by atoms with Crippen LogP contribution in [0.2, 0.25) is 5.02 Å². The molecule has 1 heterocycles. The zero-order valence-corrected chi connectivity index (χ0v) is 13.3. The number of rotatable bonds is 7. The summed E-state index contributed by atoms with van der Waals surface area (Å²) in [5.41, 5.74) is 0.635. The van der Waals surface area contributed by atoms with Crippen LogP contribution < -0.4 is 10.1 Å². The number of nitrogens with one attached hydrogen (secondary N) is 1. The van der Waals surface area contributed by atoms with E-state index in [0.717, 1.165) is 18.7 Å². The molecule has 0 bridgehead atoms. The number of ether oxygens (including phenoxy) is 1. The SMILES string of the molecule is CCC(C)(C)Oc1ccc(Cl)c(CNCC(C)C)n1. The molecule has 0 aliphatic heterocycles. The van der Waals surface area contributed by atoms with E-state index >= 15 is 0 Å². The molecule has 0 unspecified atom stereocenters. The Balaban J connectivity index is 2.71. The standard InChI is InChI=1S/C15H25ClN2O/c1-6-15(4,5)19-14-8-7-12(16)13(18-14)10-17-9-11(2)3/h7-8,11,17H,6,9-10H2,1-5H3. The monoisotopic (exact) mass is 284 g/mol. The maximum atomic E-state index is 6.16. The highest BCUT2D eigenvalue weighted by molar-refractivity contribution is 6.31. The van der Waals surface area contributed by atoms with Crippen LogP contribution in [0, 0.1) is 5.92 Å². The molecule has 0 saturated heterocycles. The molecule has 1 aromatic rings. The lowest BCUT2D eigenvalue weighted by molar-refractivity contribution is 0.0987. The van der Waals surface area contributed by atoms with Gasteiger partial charge in [-0.15, -0.1) is 0 Å². The third kappa shape index (κ3) is 5.79. The fraction of sp³-hybridized carbons (Fsp3) is 0.667. The molecular formula is C15H25ClN2O. The molecule has 1 N–H and O–H groups in total. The van der Waals surface area contributed by atoms with E-state index in [2.05, 4.69) is 44.9 Å². The molecule has 0 aromatic carbocycles. The summed E-state index contributed by atoms with van der Waals surface area (Å²) in [6.45, 7) is 12.2. The van der Waals surface area contributed by atoms with Crippen LogP contribution in [0.25, 0.3) is 0 Å². The first kappa shape index (κ1) is 16.3. The van der Waals surface area contributed by atoms with Gasteiger partial charge in [-0.3, -0.25) is 0 Å². The topological polar surface area (TPSA) is 34.1 Å². The summed E-state index contributed by atoms with van der Waals surface area (Å²) < 4.78 is 5.88. The summed E-state index contributed by atoms with van der Waals surface area (Å²) in [5, 5.41) is 4.02. The van der Waals surface area contributed by atoms with Crippen molar-refractivity contribution in [1.29, 1.82) is 0 Å². The van der Waals surface area contributed by atoms with Gasteiger partial charge in [0.25, 0.3) is 0 Å². The maximum absolute atomic E-state index is 6.16. The smallest absolute Gasteiger partial charge is 0.214 e. The molecular weight excluding hydrogens is 260 g/mol. The zero-order valence-electron chi connectivity index (χ0n) is 12.6. The Hall–Kier alpha value is -0.800. The molecule has 0 amide bonds. The largest absolute Gasteiger partial charge is 0.472 e. The van der Waals surface area contributed by atoms with Gasteiger partial charge in [-0.2, -0.15) is 0 Å². The van der Waals surface area contributed by atoms with Crippen molar-refractivity contribution < 1.29 is 4.74 Å². The predicted molar refractivity (Wildman–Crippen MR) is 80.8 cm³/mol. The van der Waals surface area contributed by atoms with Gasteiger partial charge in [0.1, 0.15) is 5.60 Å². The molecule has 0 radical (unpaired) electrons. The van der Waals surface area contributed by atoms with Gasteiger partial charge in [0.15, 0.2) is 0 Å². The average Bonchev–Trinajstić information content (AvgIpc) is 2.32. The number of halogens is 1. The molecule has 0 atom stereocenters. The Morgan fingerprint density at radius 3 is 2.63 bits per heavy atom. The number of aromatic nitrogens is 1. The first-order chi connectivity index (χ1) is 8.84. The van der Waals surface area contributed by atoms with Gasteiger partial charge < -0.3 is 10.1 Å². The van der Waals surface area contributed by atoms with Crippen molar-refractivity contribution in [2.24, 2.45) is 5.92 Å². The van der Waals surface area contributed by atoms with E-state index in [1.165, 1.54) is 0 Å². The number of pyridine rings is 1. The fourth-order valence-corrected chi connectivity index (χ4v) is 1.65. The van der Waals surface area contributed by atoms with Gasteiger partial charge in [-0.05, 0) is 38.8 Å². The minimum Gasteiger partial charge on any atom is -0.472 e. The minimum atomic E-state index is -0.205. The van der Waals surface area contributed by atoms with E-state index in [-0.39, 0.29) is 5.60 Å². The molecule has 0 fully saturated rings. The summed E-state index contributed by atoms with van der Waals surface area (Å²) in [4.78, 5) is 4.49. The summed E-state index contributed by atoms with van der Waals surface area (Å²) in [5.74, 6) is 1.25. The molecule has 108 valence electrons. The molecule has 4 heteroatoms. The molecule has 0 aliphatic rings. The van der Waals surface area contributed by atoms with E-state index in [1.54, 1.807) is 0 Å². The lowest BCUT2D eigenvalue weighted by Gasteiger charge is -2.24. The lowest BCUT2D eigenvalue weighted by Crippen LogP contribution is -2.27. The Morgan fingerprint density at radius 2 is 2.05 bits per heavy atom. The van der Waals surface area contributed by atoms with Crippen molar-refractivity contribution in [2.75, 3.05) is 6.54 Å². The minimum absolute atomic E-state index is 0.205.